The molecule has 0 spiro atoms. The van der Waals surface area contributed by atoms with Gasteiger partial charge < -0.3 is 10.4 Å². The van der Waals surface area contributed by atoms with Crippen LogP contribution in [-0.2, 0) is 10.2 Å². The lowest BCUT2D eigenvalue weighted by molar-refractivity contribution is -0.139. The lowest BCUT2D eigenvalue weighted by Gasteiger charge is -2.16. The maximum absolute atomic E-state index is 12.4. The Bertz CT molecular complexity index is 716. The van der Waals surface area contributed by atoms with E-state index in [4.69, 9.17) is 0 Å². The maximum atomic E-state index is 12.4. The van der Waals surface area contributed by atoms with Gasteiger partial charge in [0.1, 0.15) is 0 Å². The van der Waals surface area contributed by atoms with Crippen molar-refractivity contribution >= 4 is 39.1 Å². The van der Waals surface area contributed by atoms with Crippen LogP contribution < -0.4 is 5.32 Å². The molecule has 23 heavy (non-hydrogen) atoms. The van der Waals surface area contributed by atoms with Gasteiger partial charge in [-0.15, -0.1) is 11.3 Å². The smallest absolute Gasteiger partial charge is 0.330 e. The second kappa shape index (κ2) is 6.84. The average Bonchev–Trinajstić information content (AvgIpc) is 2.95. The van der Waals surface area contributed by atoms with Crippen molar-refractivity contribution in [2.24, 2.45) is 0 Å². The summed E-state index contributed by atoms with van der Waals surface area (Å²) >= 11 is 4.69. The molecule has 1 aromatic heterocycles. The topological polar surface area (TPSA) is 66.4 Å². The molecular weight excluding hydrogens is 378 g/mol. The zero-order chi connectivity index (χ0) is 17.2. The van der Waals surface area contributed by atoms with Crippen LogP contribution in [0.15, 0.2) is 40.9 Å². The molecule has 1 heterocycles. The zero-order valence-corrected chi connectivity index (χ0v) is 15.5. The van der Waals surface area contributed by atoms with Gasteiger partial charge in [-0.1, -0.05) is 48.8 Å². The average molecular weight is 396 g/mol. The number of thiophene rings is 1. The minimum Gasteiger partial charge on any atom is -0.479 e. The van der Waals surface area contributed by atoms with Gasteiger partial charge in [-0.25, -0.2) is 4.79 Å². The molecule has 2 N–H and O–H groups in total. The highest BCUT2D eigenvalue weighted by Crippen LogP contribution is 2.29. The van der Waals surface area contributed by atoms with Crippen LogP contribution in [0.5, 0.6) is 0 Å². The number of aliphatic carboxylic acids is 1. The van der Waals surface area contributed by atoms with E-state index in [1.807, 2.05) is 6.07 Å². The number of hydrogen-bond donors (Lipinski definition) is 2. The highest BCUT2D eigenvalue weighted by molar-refractivity contribution is 9.10. The molecule has 0 aliphatic carbocycles. The number of amides is 1. The first-order chi connectivity index (χ1) is 10.7. The van der Waals surface area contributed by atoms with Crippen LogP contribution in [0, 0.1) is 0 Å². The number of hydrogen-bond acceptors (Lipinski definition) is 3. The number of carbonyl (C=O) groups is 2. The van der Waals surface area contributed by atoms with Crippen LogP contribution in [0.25, 0.3) is 0 Å². The van der Waals surface area contributed by atoms with E-state index >= 15 is 0 Å². The minimum absolute atomic E-state index is 0.0406. The quantitative estimate of drug-likeness (QED) is 0.807. The SMILES string of the molecule is CC(C)(C)c1ccc(C(=O)NC(C(=O)O)c2ccc(Br)cc2)s1. The van der Waals surface area contributed by atoms with E-state index in [1.165, 1.54) is 11.3 Å². The third kappa shape index (κ3) is 4.42. The Balaban J connectivity index is 2.20. The standard InChI is InChI=1S/C17H18BrNO3S/c1-17(2,3)13-9-8-12(23-13)15(20)19-14(16(21)22)10-4-6-11(18)7-5-10/h4-9,14H,1-3H3,(H,19,20)(H,21,22). The van der Waals surface area contributed by atoms with E-state index in [0.717, 1.165) is 9.35 Å². The van der Waals surface area contributed by atoms with Gasteiger partial charge in [0.05, 0.1) is 4.88 Å². The number of nitrogens with one attached hydrogen (secondary N) is 1. The van der Waals surface area contributed by atoms with Gasteiger partial charge in [0, 0.05) is 9.35 Å². The summed E-state index contributed by atoms with van der Waals surface area (Å²) in [6, 6.07) is 9.43. The molecular formula is C17H18BrNO3S. The van der Waals surface area contributed by atoms with Gasteiger partial charge in [-0.3, -0.25) is 4.79 Å². The number of rotatable bonds is 4. The normalized spacial score (nSPS) is 12.7. The second-order valence-corrected chi connectivity index (χ2v) is 8.21. The van der Waals surface area contributed by atoms with Crippen LogP contribution >= 0.6 is 27.3 Å². The van der Waals surface area contributed by atoms with Crippen LogP contribution in [0.1, 0.15) is 46.9 Å². The monoisotopic (exact) mass is 395 g/mol. The summed E-state index contributed by atoms with van der Waals surface area (Å²) in [6.07, 6.45) is 0. The summed E-state index contributed by atoms with van der Waals surface area (Å²) in [5.74, 6) is -1.46. The summed E-state index contributed by atoms with van der Waals surface area (Å²) in [4.78, 5) is 25.5. The highest BCUT2D eigenvalue weighted by Gasteiger charge is 2.24. The number of carboxylic acids is 1. The number of carbonyl (C=O) groups excluding carboxylic acids is 1. The first-order valence-corrected chi connectivity index (χ1v) is 8.69. The van der Waals surface area contributed by atoms with Crippen molar-refractivity contribution in [3.63, 3.8) is 0 Å². The van der Waals surface area contributed by atoms with Crippen molar-refractivity contribution in [3.8, 4) is 0 Å². The molecule has 0 bridgehead atoms. The molecule has 1 unspecified atom stereocenters. The maximum Gasteiger partial charge on any atom is 0.330 e. The first kappa shape index (κ1) is 17.7. The van der Waals surface area contributed by atoms with E-state index < -0.39 is 12.0 Å². The number of benzene rings is 1. The molecule has 4 nitrogen and oxygen atoms in total. The van der Waals surface area contributed by atoms with Crippen LogP contribution in [0.3, 0.4) is 0 Å². The van der Waals surface area contributed by atoms with E-state index in [1.54, 1.807) is 30.3 Å². The third-order valence-corrected chi connectivity index (χ3v) is 5.33. The molecule has 0 saturated heterocycles. The van der Waals surface area contributed by atoms with Gasteiger partial charge >= 0.3 is 5.97 Å². The van der Waals surface area contributed by atoms with Gasteiger partial charge in [-0.05, 0) is 35.2 Å². The molecule has 2 rings (SSSR count). The summed E-state index contributed by atoms with van der Waals surface area (Å²) in [7, 11) is 0. The van der Waals surface area contributed by atoms with Crippen LogP contribution in [-0.4, -0.2) is 17.0 Å². The van der Waals surface area contributed by atoms with Crippen LogP contribution in [0.2, 0.25) is 0 Å². The van der Waals surface area contributed by atoms with Crippen LogP contribution in [0.4, 0.5) is 0 Å². The van der Waals surface area contributed by atoms with E-state index in [0.29, 0.717) is 10.4 Å². The lowest BCUT2D eigenvalue weighted by Crippen LogP contribution is -2.33. The highest BCUT2D eigenvalue weighted by atomic mass is 79.9. The van der Waals surface area contributed by atoms with E-state index in [-0.39, 0.29) is 11.3 Å². The molecule has 0 aliphatic heterocycles. The Kier molecular flexibility index (Phi) is 5.26. The predicted molar refractivity (Wildman–Crippen MR) is 95.0 cm³/mol. The minimum atomic E-state index is -1.09. The largest absolute Gasteiger partial charge is 0.479 e. The van der Waals surface area contributed by atoms with Crippen molar-refractivity contribution in [1.82, 2.24) is 5.32 Å². The predicted octanol–water partition coefficient (Wildman–Crippen LogP) is 4.36. The number of carboxylic acid groups (broad SMARTS) is 1. The summed E-state index contributed by atoms with van der Waals surface area (Å²) < 4.78 is 0.852. The fourth-order valence-electron chi connectivity index (χ4n) is 2.01. The molecule has 6 heteroatoms. The molecule has 0 radical (unpaired) electrons. The van der Waals surface area contributed by atoms with Crippen molar-refractivity contribution in [1.29, 1.82) is 0 Å². The van der Waals surface area contributed by atoms with Crippen molar-refractivity contribution < 1.29 is 14.7 Å². The Hall–Kier alpha value is -1.66. The second-order valence-electron chi connectivity index (χ2n) is 6.21. The van der Waals surface area contributed by atoms with Gasteiger partial charge in [-0.2, -0.15) is 0 Å². The third-order valence-electron chi connectivity index (χ3n) is 3.29. The molecule has 122 valence electrons. The van der Waals surface area contributed by atoms with Crippen molar-refractivity contribution in [2.45, 2.75) is 32.2 Å². The molecule has 2 aromatic rings. The molecule has 0 aliphatic rings. The molecule has 0 fully saturated rings. The Morgan fingerprint density at radius 2 is 1.74 bits per heavy atom. The Morgan fingerprint density at radius 1 is 1.13 bits per heavy atom. The van der Waals surface area contributed by atoms with Gasteiger partial charge in [0.2, 0.25) is 0 Å². The fourth-order valence-corrected chi connectivity index (χ4v) is 3.24. The Morgan fingerprint density at radius 3 is 2.22 bits per heavy atom. The fraction of sp³-hybridized carbons (Fsp3) is 0.294. The summed E-state index contributed by atoms with van der Waals surface area (Å²) in [5.41, 5.74) is 0.489. The molecule has 1 atom stereocenters. The summed E-state index contributed by atoms with van der Waals surface area (Å²) in [5, 5.41) is 12.0. The van der Waals surface area contributed by atoms with E-state index in [2.05, 4.69) is 42.0 Å². The first-order valence-electron chi connectivity index (χ1n) is 7.08. The lowest BCUT2D eigenvalue weighted by atomic mass is 9.95. The van der Waals surface area contributed by atoms with Crippen molar-refractivity contribution in [2.75, 3.05) is 0 Å². The zero-order valence-electron chi connectivity index (χ0n) is 13.1. The molecule has 1 amide bonds. The Labute approximate surface area is 147 Å². The van der Waals surface area contributed by atoms with Gasteiger partial charge in [0.15, 0.2) is 6.04 Å². The molecule has 0 saturated carbocycles. The van der Waals surface area contributed by atoms with Crippen molar-refractivity contribution in [3.05, 3.63) is 56.2 Å². The molecule has 1 aromatic carbocycles. The summed E-state index contributed by atoms with van der Waals surface area (Å²) in [6.45, 7) is 6.22. The van der Waals surface area contributed by atoms with E-state index in [9.17, 15) is 14.7 Å². The van der Waals surface area contributed by atoms with Gasteiger partial charge in [0.25, 0.3) is 5.91 Å². The number of halogens is 1.